The van der Waals surface area contributed by atoms with Gasteiger partial charge in [0.15, 0.2) is 17.3 Å². The number of rotatable bonds is 6. The molecule has 0 bridgehead atoms. The third-order valence-corrected chi connectivity index (χ3v) is 6.07. The van der Waals surface area contributed by atoms with Crippen molar-refractivity contribution in [2.75, 3.05) is 27.2 Å². The summed E-state index contributed by atoms with van der Waals surface area (Å²) < 4.78 is 54.2. The van der Waals surface area contributed by atoms with Gasteiger partial charge in [0.1, 0.15) is 0 Å². The predicted molar refractivity (Wildman–Crippen MR) is 110 cm³/mol. The van der Waals surface area contributed by atoms with Crippen LogP contribution in [0.5, 0.6) is 11.5 Å². The number of likely N-dealkylation sites (tertiary alicyclic amines) is 1. The standard InChI is InChI=1S/C24H29NO3/c1-27-22-14-19-13-20(24(26)21(19)15-23(22)28-2)12-17-8-10-25(11-9-17)16-18-6-4-3-5-7-18/h3-7,14-15,17,20H,8-13,16H2,1-2H3/i1D3,2D3. The lowest BCUT2D eigenvalue weighted by Crippen LogP contribution is -2.34. The summed E-state index contributed by atoms with van der Waals surface area (Å²) >= 11 is 0. The van der Waals surface area contributed by atoms with Crippen LogP contribution < -0.4 is 9.47 Å². The Morgan fingerprint density at radius 2 is 1.79 bits per heavy atom. The Labute approximate surface area is 175 Å². The molecule has 0 aromatic heterocycles. The summed E-state index contributed by atoms with van der Waals surface area (Å²) in [4.78, 5) is 15.6. The molecule has 2 aliphatic rings. The molecule has 0 saturated carbocycles. The number of ether oxygens (including phenoxy) is 2. The van der Waals surface area contributed by atoms with E-state index in [1.54, 1.807) is 0 Å². The van der Waals surface area contributed by atoms with Crippen LogP contribution in [0.15, 0.2) is 42.5 Å². The van der Waals surface area contributed by atoms with Gasteiger partial charge in [0.05, 0.1) is 22.3 Å². The lowest BCUT2D eigenvalue weighted by atomic mass is 9.85. The maximum Gasteiger partial charge on any atom is 0.166 e. The van der Waals surface area contributed by atoms with E-state index in [1.165, 1.54) is 17.7 Å². The monoisotopic (exact) mass is 385 g/mol. The van der Waals surface area contributed by atoms with E-state index in [1.807, 2.05) is 6.07 Å². The van der Waals surface area contributed by atoms with Crippen LogP contribution in [0, 0.1) is 11.8 Å². The second kappa shape index (κ2) is 8.36. The molecule has 1 atom stereocenters. The summed E-state index contributed by atoms with van der Waals surface area (Å²) in [5, 5.41) is 0. The Hall–Kier alpha value is -2.33. The minimum absolute atomic E-state index is 0.0439. The van der Waals surface area contributed by atoms with Crippen molar-refractivity contribution >= 4 is 5.78 Å². The van der Waals surface area contributed by atoms with Gasteiger partial charge in [-0.15, -0.1) is 0 Å². The average molecular weight is 386 g/mol. The Kier molecular flexibility index (Phi) is 3.88. The second-order valence-corrected chi connectivity index (χ2v) is 7.87. The fourth-order valence-electron chi connectivity index (χ4n) is 4.55. The average Bonchev–Trinajstić information content (AvgIpc) is 3.03. The van der Waals surface area contributed by atoms with E-state index in [0.29, 0.717) is 23.5 Å². The highest BCUT2D eigenvalue weighted by atomic mass is 16.5. The van der Waals surface area contributed by atoms with Gasteiger partial charge in [0, 0.05) is 18.0 Å². The van der Waals surface area contributed by atoms with E-state index in [-0.39, 0.29) is 23.2 Å². The highest BCUT2D eigenvalue weighted by Crippen LogP contribution is 2.39. The van der Waals surface area contributed by atoms with Gasteiger partial charge in [-0.3, -0.25) is 9.69 Å². The van der Waals surface area contributed by atoms with Gasteiger partial charge >= 0.3 is 0 Å². The highest BCUT2D eigenvalue weighted by molar-refractivity contribution is 6.02. The number of piperidine rings is 1. The normalized spacial score (nSPS) is 24.3. The molecule has 0 spiro atoms. The molecule has 4 rings (SSSR count). The molecule has 4 heteroatoms. The largest absolute Gasteiger partial charge is 0.493 e. The molecule has 1 aliphatic heterocycles. The summed E-state index contributed by atoms with van der Waals surface area (Å²) in [7, 11) is -5.56. The number of ketones is 1. The van der Waals surface area contributed by atoms with Crippen LogP contribution >= 0.6 is 0 Å². The molecule has 28 heavy (non-hydrogen) atoms. The number of Topliss-reactive ketones (excluding diaryl/α,β-unsaturated/α-hetero) is 1. The number of carbonyl (C=O) groups excluding carboxylic acids is 1. The fraction of sp³-hybridized carbons (Fsp3) is 0.458. The van der Waals surface area contributed by atoms with E-state index < -0.39 is 14.1 Å². The summed E-state index contributed by atoms with van der Waals surface area (Å²) in [6.45, 7) is 2.90. The first-order chi connectivity index (χ1) is 16.0. The maximum atomic E-state index is 13.1. The molecule has 1 aliphatic carbocycles. The van der Waals surface area contributed by atoms with Gasteiger partial charge < -0.3 is 9.47 Å². The van der Waals surface area contributed by atoms with Gasteiger partial charge in [-0.1, -0.05) is 30.3 Å². The number of hydrogen-bond acceptors (Lipinski definition) is 4. The first-order valence-corrected chi connectivity index (χ1v) is 9.82. The first-order valence-electron chi connectivity index (χ1n) is 12.8. The van der Waals surface area contributed by atoms with Crippen LogP contribution in [-0.4, -0.2) is 37.8 Å². The quantitative estimate of drug-likeness (QED) is 0.741. The maximum absolute atomic E-state index is 13.1. The van der Waals surface area contributed by atoms with Crippen LogP contribution in [0.4, 0.5) is 0 Å². The Morgan fingerprint density at radius 3 is 2.50 bits per heavy atom. The SMILES string of the molecule is [2H]C([2H])([2H])Oc1cc2c(cc1OC([2H])([2H])[2H])C(=O)C(CC1CCN(Cc3ccccc3)CC1)C2. The molecule has 0 amide bonds. The Bertz CT molecular complexity index is 1010. The summed E-state index contributed by atoms with van der Waals surface area (Å²) in [5.74, 6) is -0.246. The van der Waals surface area contributed by atoms with E-state index in [2.05, 4.69) is 29.2 Å². The molecular weight excluding hydrogens is 350 g/mol. The third kappa shape index (κ3) is 3.93. The molecule has 0 radical (unpaired) electrons. The lowest BCUT2D eigenvalue weighted by molar-refractivity contribution is 0.0895. The van der Waals surface area contributed by atoms with Crippen molar-refractivity contribution < 1.29 is 22.5 Å². The van der Waals surface area contributed by atoms with Gasteiger partial charge in [-0.2, -0.15) is 0 Å². The lowest BCUT2D eigenvalue weighted by Gasteiger charge is -2.32. The zero-order chi connectivity index (χ0) is 24.5. The van der Waals surface area contributed by atoms with Crippen LogP contribution in [0.25, 0.3) is 0 Å². The van der Waals surface area contributed by atoms with Crippen molar-refractivity contribution in [1.82, 2.24) is 4.90 Å². The number of methoxy groups -OCH3 is 2. The summed E-state index contributed by atoms with van der Waals surface area (Å²) in [5.41, 5.74) is 2.37. The van der Waals surface area contributed by atoms with Crippen LogP contribution in [0.2, 0.25) is 0 Å². The Balaban J connectivity index is 1.41. The number of hydrogen-bond donors (Lipinski definition) is 0. The molecule has 1 saturated heterocycles. The first kappa shape index (κ1) is 13.0. The summed E-state index contributed by atoms with van der Waals surface area (Å²) in [6, 6.07) is 13.2. The number of fused-ring (bicyclic) bond motifs is 1. The Morgan fingerprint density at radius 1 is 1.07 bits per heavy atom. The second-order valence-electron chi connectivity index (χ2n) is 7.87. The van der Waals surface area contributed by atoms with Crippen LogP contribution in [0.3, 0.4) is 0 Å². The van der Waals surface area contributed by atoms with Gasteiger partial charge in [-0.25, -0.2) is 0 Å². The zero-order valence-electron chi connectivity index (χ0n) is 21.8. The molecule has 1 heterocycles. The van der Waals surface area contributed by atoms with Crippen molar-refractivity contribution in [1.29, 1.82) is 0 Å². The minimum Gasteiger partial charge on any atom is -0.493 e. The van der Waals surface area contributed by atoms with Crippen molar-refractivity contribution in [3.05, 3.63) is 59.2 Å². The van der Waals surface area contributed by atoms with E-state index in [9.17, 15) is 4.79 Å². The fourth-order valence-corrected chi connectivity index (χ4v) is 4.55. The highest BCUT2D eigenvalue weighted by Gasteiger charge is 2.34. The smallest absolute Gasteiger partial charge is 0.166 e. The molecule has 1 fully saturated rings. The van der Waals surface area contributed by atoms with Crippen LogP contribution in [-0.2, 0) is 13.0 Å². The van der Waals surface area contributed by atoms with Gasteiger partial charge in [-0.05, 0) is 68.0 Å². The zero-order valence-corrected chi connectivity index (χ0v) is 15.8. The van der Waals surface area contributed by atoms with Crippen molar-refractivity contribution in [3.8, 4) is 11.5 Å². The minimum atomic E-state index is -2.80. The third-order valence-electron chi connectivity index (χ3n) is 6.07. The van der Waals surface area contributed by atoms with Gasteiger partial charge in [0.25, 0.3) is 0 Å². The number of carbonyl (C=O) groups is 1. The number of nitrogens with zero attached hydrogens (tertiary/aromatic N) is 1. The molecule has 0 N–H and O–H groups in total. The van der Waals surface area contributed by atoms with E-state index in [0.717, 1.165) is 38.9 Å². The van der Waals surface area contributed by atoms with E-state index >= 15 is 0 Å². The van der Waals surface area contributed by atoms with Crippen molar-refractivity contribution in [2.45, 2.75) is 32.2 Å². The molecule has 2 aromatic carbocycles. The molecular formula is C24H29NO3. The molecule has 4 nitrogen and oxygen atoms in total. The van der Waals surface area contributed by atoms with Crippen molar-refractivity contribution in [2.24, 2.45) is 11.8 Å². The summed E-state index contributed by atoms with van der Waals surface area (Å²) in [6.07, 6.45) is 3.29. The van der Waals surface area contributed by atoms with E-state index in [4.69, 9.17) is 17.7 Å². The predicted octanol–water partition coefficient (Wildman–Crippen LogP) is 4.36. The van der Waals surface area contributed by atoms with Gasteiger partial charge in [0.2, 0.25) is 0 Å². The van der Waals surface area contributed by atoms with Crippen LogP contribution in [0.1, 0.15) is 49.0 Å². The topological polar surface area (TPSA) is 38.8 Å². The molecule has 1 unspecified atom stereocenters. The number of benzene rings is 2. The molecule has 148 valence electrons. The van der Waals surface area contributed by atoms with Crippen molar-refractivity contribution in [3.63, 3.8) is 0 Å². The molecule has 2 aromatic rings.